The largest absolute Gasteiger partial charge is 0.516 e. The number of nitrogens with zero attached hydrogens (tertiary/aromatic N) is 5. The number of nitrogens with one attached hydrogen (secondary N) is 1. The van der Waals surface area contributed by atoms with E-state index in [-0.39, 0.29) is 28.6 Å². The van der Waals surface area contributed by atoms with Gasteiger partial charge < -0.3 is 14.5 Å². The molecular weight excluding hydrogens is 456 g/mol. The zero-order valence-corrected chi connectivity index (χ0v) is 20.8. The molecule has 0 aliphatic carbocycles. The van der Waals surface area contributed by atoms with Crippen LogP contribution in [0.15, 0.2) is 22.8 Å². The number of hydrogen-bond acceptors (Lipinski definition) is 9. The first kappa shape index (κ1) is 23.4. The lowest BCUT2D eigenvalue weighted by molar-refractivity contribution is -0.881. The standard InChI is InChI=1S/C23H33N6O4S/c1-23(2,3)32-22(31)29(17-13-20(24-14-17)21(30)28-8-11-34-15-28)9-6-27(7-10-29)16-4-5-18-19(12-16)26-33-25-18/h4-5,12,17,20,24H,6-11,13-15H2,1-3H3/q+1/t17-,20-/m0/s1. The van der Waals surface area contributed by atoms with Crippen LogP contribution in [0.25, 0.3) is 11.0 Å². The van der Waals surface area contributed by atoms with Crippen molar-refractivity contribution < 1.29 is 23.4 Å². The van der Waals surface area contributed by atoms with Crippen molar-refractivity contribution in [3.05, 3.63) is 18.2 Å². The van der Waals surface area contributed by atoms with Crippen LogP contribution in [0.2, 0.25) is 0 Å². The molecule has 3 saturated heterocycles. The Labute approximate surface area is 203 Å². The lowest BCUT2D eigenvalue weighted by atomic mass is 10.0. The van der Waals surface area contributed by atoms with Gasteiger partial charge in [-0.05, 0) is 49.3 Å². The summed E-state index contributed by atoms with van der Waals surface area (Å²) in [6.45, 7) is 9.80. The number of anilines is 1. The number of thioether (sulfide) groups is 1. The van der Waals surface area contributed by atoms with Crippen molar-refractivity contribution in [2.75, 3.05) is 55.8 Å². The summed E-state index contributed by atoms with van der Waals surface area (Å²) >= 11 is 1.79. The lowest BCUT2D eigenvalue weighted by Gasteiger charge is -2.46. The maximum atomic E-state index is 13.6. The molecule has 0 bridgehead atoms. The Hall–Kier alpha value is -2.37. The first-order valence-electron chi connectivity index (χ1n) is 11.9. The zero-order valence-electron chi connectivity index (χ0n) is 20.0. The van der Waals surface area contributed by atoms with Gasteiger partial charge in [-0.1, -0.05) is 0 Å². The minimum Gasteiger partial charge on any atom is -0.414 e. The van der Waals surface area contributed by atoms with E-state index >= 15 is 0 Å². The first-order valence-corrected chi connectivity index (χ1v) is 13.1. The van der Waals surface area contributed by atoms with E-state index in [1.807, 2.05) is 43.9 Å². The van der Waals surface area contributed by atoms with E-state index in [2.05, 4.69) is 20.5 Å². The van der Waals surface area contributed by atoms with E-state index in [1.165, 1.54) is 0 Å². The number of carbonyl (C=O) groups excluding carboxylic acids is 2. The van der Waals surface area contributed by atoms with Crippen molar-refractivity contribution in [1.29, 1.82) is 0 Å². The van der Waals surface area contributed by atoms with Gasteiger partial charge >= 0.3 is 6.09 Å². The second-order valence-electron chi connectivity index (χ2n) is 10.4. The molecule has 2 aromatic rings. The van der Waals surface area contributed by atoms with Gasteiger partial charge in [0.1, 0.15) is 35.8 Å². The summed E-state index contributed by atoms with van der Waals surface area (Å²) in [6, 6.07) is 5.66. The van der Waals surface area contributed by atoms with Gasteiger partial charge in [0.25, 0.3) is 0 Å². The second-order valence-corrected chi connectivity index (χ2v) is 11.5. The lowest BCUT2D eigenvalue weighted by Crippen LogP contribution is -2.68. The summed E-state index contributed by atoms with van der Waals surface area (Å²) < 4.78 is 11.0. The molecular formula is C23H33N6O4S+. The summed E-state index contributed by atoms with van der Waals surface area (Å²) in [6.07, 6.45) is 0.454. The number of aromatic nitrogens is 2. The van der Waals surface area contributed by atoms with Gasteiger partial charge in [-0.3, -0.25) is 10.1 Å². The normalized spacial score (nSPS) is 25.1. The summed E-state index contributed by atoms with van der Waals surface area (Å²) in [7, 11) is 0. The molecule has 10 nitrogen and oxygen atoms in total. The Morgan fingerprint density at radius 2 is 1.94 bits per heavy atom. The van der Waals surface area contributed by atoms with Gasteiger partial charge in [-0.15, -0.1) is 11.8 Å². The maximum absolute atomic E-state index is 13.6. The quantitative estimate of drug-likeness (QED) is 0.649. The molecule has 3 fully saturated rings. The third-order valence-electron chi connectivity index (χ3n) is 7.07. The maximum Gasteiger partial charge on any atom is 0.516 e. The zero-order chi connectivity index (χ0) is 23.9. The third kappa shape index (κ3) is 4.48. The van der Waals surface area contributed by atoms with E-state index in [9.17, 15) is 9.59 Å². The third-order valence-corrected chi connectivity index (χ3v) is 8.03. The molecule has 1 aromatic heterocycles. The summed E-state index contributed by atoms with van der Waals surface area (Å²) in [5.41, 5.74) is 1.91. The van der Waals surface area contributed by atoms with E-state index in [4.69, 9.17) is 9.37 Å². The van der Waals surface area contributed by atoms with E-state index < -0.39 is 5.60 Å². The summed E-state index contributed by atoms with van der Waals surface area (Å²) in [5.74, 6) is 1.91. The molecule has 2 amide bonds. The van der Waals surface area contributed by atoms with Crippen molar-refractivity contribution in [3.8, 4) is 0 Å². The molecule has 184 valence electrons. The predicted octanol–water partition coefficient (Wildman–Crippen LogP) is 2.06. The van der Waals surface area contributed by atoms with E-state index in [1.54, 1.807) is 11.8 Å². The molecule has 3 aliphatic heterocycles. The van der Waals surface area contributed by atoms with Gasteiger partial charge in [0, 0.05) is 31.0 Å². The molecule has 3 aliphatic rings. The highest BCUT2D eigenvalue weighted by molar-refractivity contribution is 7.99. The number of benzene rings is 1. The minimum absolute atomic E-state index is 0.00317. The fraction of sp³-hybridized carbons (Fsp3) is 0.652. The molecule has 4 heterocycles. The van der Waals surface area contributed by atoms with Crippen LogP contribution in [-0.2, 0) is 9.53 Å². The van der Waals surface area contributed by atoms with Crippen LogP contribution in [0.1, 0.15) is 27.2 Å². The molecule has 0 radical (unpaired) electrons. The van der Waals surface area contributed by atoms with Crippen LogP contribution >= 0.6 is 11.8 Å². The second kappa shape index (κ2) is 9.01. The molecule has 0 spiro atoms. The fourth-order valence-corrected chi connectivity index (χ4v) is 6.14. The molecule has 11 heteroatoms. The predicted molar refractivity (Wildman–Crippen MR) is 129 cm³/mol. The molecule has 1 aromatic carbocycles. The average Bonchev–Trinajstić information content (AvgIpc) is 3.59. The number of piperazine rings is 1. The number of ether oxygens (including phenoxy) is 1. The number of carbonyl (C=O) groups is 2. The van der Waals surface area contributed by atoms with Crippen LogP contribution in [0.3, 0.4) is 0 Å². The van der Waals surface area contributed by atoms with E-state index in [0.29, 0.717) is 39.1 Å². The summed E-state index contributed by atoms with van der Waals surface area (Å²) in [4.78, 5) is 30.8. The van der Waals surface area contributed by atoms with Crippen LogP contribution in [-0.4, -0.2) is 100 Å². The van der Waals surface area contributed by atoms with Gasteiger partial charge in [-0.25, -0.2) is 9.11 Å². The molecule has 2 atom stereocenters. The van der Waals surface area contributed by atoms with Gasteiger partial charge in [0.15, 0.2) is 0 Å². The number of hydrogen-bond donors (Lipinski definition) is 1. The smallest absolute Gasteiger partial charge is 0.414 e. The molecule has 1 N–H and O–H groups in total. The fourth-order valence-electron chi connectivity index (χ4n) is 5.19. The van der Waals surface area contributed by atoms with Crippen LogP contribution in [0.4, 0.5) is 10.5 Å². The van der Waals surface area contributed by atoms with Crippen molar-refractivity contribution in [2.24, 2.45) is 0 Å². The highest BCUT2D eigenvalue weighted by atomic mass is 32.2. The number of amides is 2. The SMILES string of the molecule is CC(C)(C)OC(=O)[N+]1([C@@H]2CN[C@H](C(=O)N3CCSC3)C2)CCN(c2ccc3nonc3c2)CC1. The topological polar surface area (TPSA) is 101 Å². The van der Waals surface area contributed by atoms with Crippen LogP contribution in [0.5, 0.6) is 0 Å². The van der Waals surface area contributed by atoms with E-state index in [0.717, 1.165) is 34.9 Å². The Balaban J connectivity index is 1.33. The monoisotopic (exact) mass is 489 g/mol. The molecule has 0 saturated carbocycles. The Bertz CT molecular complexity index is 1060. The average molecular weight is 490 g/mol. The first-order chi connectivity index (χ1) is 16.2. The van der Waals surface area contributed by atoms with Crippen LogP contribution < -0.4 is 10.2 Å². The van der Waals surface area contributed by atoms with Gasteiger partial charge in [0.2, 0.25) is 5.91 Å². The molecule has 5 rings (SSSR count). The van der Waals surface area contributed by atoms with Crippen LogP contribution in [0, 0.1) is 0 Å². The number of rotatable bonds is 3. The Kier molecular flexibility index (Phi) is 6.19. The Morgan fingerprint density at radius 1 is 1.18 bits per heavy atom. The highest BCUT2D eigenvalue weighted by Gasteiger charge is 2.53. The van der Waals surface area contributed by atoms with Crippen molar-refractivity contribution in [3.63, 3.8) is 0 Å². The molecule has 34 heavy (non-hydrogen) atoms. The number of fused-ring (bicyclic) bond motifs is 1. The number of quaternary nitrogens is 1. The van der Waals surface area contributed by atoms with Crippen molar-refractivity contribution >= 4 is 40.5 Å². The van der Waals surface area contributed by atoms with Gasteiger partial charge in [0.05, 0.1) is 25.0 Å². The van der Waals surface area contributed by atoms with Gasteiger partial charge in [-0.2, -0.15) is 4.79 Å². The summed E-state index contributed by atoms with van der Waals surface area (Å²) in [5, 5.41) is 11.3. The minimum atomic E-state index is -0.571. The Morgan fingerprint density at radius 3 is 2.65 bits per heavy atom. The highest BCUT2D eigenvalue weighted by Crippen LogP contribution is 2.31. The van der Waals surface area contributed by atoms with Crippen molar-refractivity contribution in [2.45, 2.75) is 44.9 Å². The van der Waals surface area contributed by atoms with Crippen molar-refractivity contribution in [1.82, 2.24) is 20.5 Å². The molecule has 0 unspecified atom stereocenters.